The maximum atomic E-state index is 13.4. The number of nitrogens with zero attached hydrogens (tertiary/aromatic N) is 3. The molecule has 0 aliphatic carbocycles. The molecule has 0 unspecified atom stereocenters. The van der Waals surface area contributed by atoms with E-state index in [4.69, 9.17) is 11.6 Å². The summed E-state index contributed by atoms with van der Waals surface area (Å²) >= 11 is 7.18. The molecule has 3 aromatic rings. The third-order valence-electron chi connectivity index (χ3n) is 2.69. The zero-order chi connectivity index (χ0) is 13.9. The van der Waals surface area contributed by atoms with Gasteiger partial charge in [-0.2, -0.15) is 5.10 Å². The largest absolute Gasteiger partial charge is 0.378 e. The van der Waals surface area contributed by atoms with E-state index in [9.17, 15) is 4.39 Å². The molecule has 0 atom stereocenters. The van der Waals surface area contributed by atoms with E-state index in [1.807, 2.05) is 12.3 Å². The zero-order valence-corrected chi connectivity index (χ0v) is 11.8. The van der Waals surface area contributed by atoms with Crippen molar-refractivity contribution < 1.29 is 4.39 Å². The second-order valence-corrected chi connectivity index (χ2v) is 5.74. The Hall–Kier alpha value is -1.92. The van der Waals surface area contributed by atoms with E-state index in [1.54, 1.807) is 23.1 Å². The molecule has 0 radical (unpaired) electrons. The number of benzene rings is 1. The number of hydrogen-bond donors (Lipinski definition) is 1. The molecule has 0 amide bonds. The van der Waals surface area contributed by atoms with Gasteiger partial charge in [0.05, 0.1) is 17.9 Å². The maximum absolute atomic E-state index is 13.4. The van der Waals surface area contributed by atoms with Crippen molar-refractivity contribution in [1.29, 1.82) is 0 Å². The van der Waals surface area contributed by atoms with Gasteiger partial charge in [0.1, 0.15) is 5.82 Å². The van der Waals surface area contributed by atoms with Gasteiger partial charge in [0, 0.05) is 23.5 Å². The summed E-state index contributed by atoms with van der Waals surface area (Å²) in [5, 5.41) is 7.34. The fourth-order valence-electron chi connectivity index (χ4n) is 1.81. The highest BCUT2D eigenvalue weighted by Crippen LogP contribution is 2.23. The SMILES string of the molecule is Fc1ccc(-n2cccn2)c(NCc2cnc(Cl)s2)c1. The number of thiazole rings is 1. The van der Waals surface area contributed by atoms with Crippen LogP contribution in [-0.2, 0) is 6.54 Å². The second-order valence-electron chi connectivity index (χ2n) is 4.05. The quantitative estimate of drug-likeness (QED) is 0.798. The maximum Gasteiger partial charge on any atom is 0.183 e. The third-order valence-corrected chi connectivity index (χ3v) is 3.80. The molecular weight excluding hydrogens is 299 g/mol. The van der Waals surface area contributed by atoms with Gasteiger partial charge in [-0.25, -0.2) is 14.1 Å². The van der Waals surface area contributed by atoms with Crippen molar-refractivity contribution >= 4 is 28.6 Å². The minimum absolute atomic E-state index is 0.300. The zero-order valence-electron chi connectivity index (χ0n) is 10.3. The predicted octanol–water partition coefficient (Wildman–Crippen LogP) is 3.73. The van der Waals surface area contributed by atoms with Crippen LogP contribution in [-0.4, -0.2) is 14.8 Å². The molecule has 7 heteroatoms. The summed E-state index contributed by atoms with van der Waals surface area (Å²) in [6, 6.07) is 6.35. The average Bonchev–Trinajstić information content (AvgIpc) is 3.08. The molecule has 0 saturated heterocycles. The van der Waals surface area contributed by atoms with Crippen LogP contribution in [0.25, 0.3) is 5.69 Å². The van der Waals surface area contributed by atoms with Crippen LogP contribution < -0.4 is 5.32 Å². The van der Waals surface area contributed by atoms with Crippen molar-refractivity contribution in [3.8, 4) is 5.69 Å². The number of aromatic nitrogens is 3. The first-order chi connectivity index (χ1) is 9.72. The highest BCUT2D eigenvalue weighted by atomic mass is 35.5. The molecule has 102 valence electrons. The van der Waals surface area contributed by atoms with Gasteiger partial charge in [0.25, 0.3) is 0 Å². The molecule has 4 nitrogen and oxygen atoms in total. The van der Waals surface area contributed by atoms with Gasteiger partial charge < -0.3 is 5.32 Å². The van der Waals surface area contributed by atoms with Crippen LogP contribution >= 0.6 is 22.9 Å². The average molecular weight is 309 g/mol. The van der Waals surface area contributed by atoms with Crippen LogP contribution in [0.3, 0.4) is 0 Å². The Labute approximate surface area is 123 Å². The van der Waals surface area contributed by atoms with E-state index in [0.29, 0.717) is 16.7 Å². The van der Waals surface area contributed by atoms with Crippen LogP contribution in [0.5, 0.6) is 0 Å². The Morgan fingerprint density at radius 1 is 1.40 bits per heavy atom. The highest BCUT2D eigenvalue weighted by Gasteiger charge is 2.07. The number of anilines is 1. The standard InChI is InChI=1S/C13H10ClFN4S/c14-13-17-8-10(20-13)7-16-11-6-9(15)2-3-12(11)19-5-1-4-18-19/h1-6,8,16H,7H2. The Balaban J connectivity index is 1.86. The molecule has 0 fully saturated rings. The summed E-state index contributed by atoms with van der Waals surface area (Å²) in [5.74, 6) is -0.300. The molecule has 1 N–H and O–H groups in total. The van der Waals surface area contributed by atoms with Crippen LogP contribution in [0.1, 0.15) is 4.88 Å². The minimum Gasteiger partial charge on any atom is -0.378 e. The monoisotopic (exact) mass is 308 g/mol. The number of hydrogen-bond acceptors (Lipinski definition) is 4. The first kappa shape index (κ1) is 13.1. The Morgan fingerprint density at radius 2 is 2.30 bits per heavy atom. The van der Waals surface area contributed by atoms with Crippen molar-refractivity contribution in [3.05, 3.63) is 58.0 Å². The fourth-order valence-corrected chi connectivity index (χ4v) is 2.73. The molecule has 20 heavy (non-hydrogen) atoms. The van der Waals surface area contributed by atoms with E-state index in [0.717, 1.165) is 10.6 Å². The normalized spacial score (nSPS) is 10.7. The molecule has 1 aromatic carbocycles. The number of halogens is 2. The van der Waals surface area contributed by atoms with Crippen LogP contribution in [0.4, 0.5) is 10.1 Å². The molecule has 2 heterocycles. The number of rotatable bonds is 4. The molecule has 3 rings (SSSR count). The first-order valence-corrected chi connectivity index (χ1v) is 7.05. The summed E-state index contributed by atoms with van der Waals surface area (Å²) in [7, 11) is 0. The van der Waals surface area contributed by atoms with Crippen molar-refractivity contribution in [1.82, 2.24) is 14.8 Å². The summed E-state index contributed by atoms with van der Waals surface area (Å²) < 4.78 is 15.6. The Morgan fingerprint density at radius 3 is 3.00 bits per heavy atom. The minimum atomic E-state index is -0.300. The van der Waals surface area contributed by atoms with Gasteiger partial charge in [-0.3, -0.25) is 0 Å². The van der Waals surface area contributed by atoms with Crippen LogP contribution in [0.2, 0.25) is 4.47 Å². The van der Waals surface area contributed by atoms with E-state index in [2.05, 4.69) is 15.4 Å². The van der Waals surface area contributed by atoms with E-state index >= 15 is 0 Å². The van der Waals surface area contributed by atoms with Crippen molar-refractivity contribution in [2.75, 3.05) is 5.32 Å². The lowest BCUT2D eigenvalue weighted by molar-refractivity contribution is 0.627. The van der Waals surface area contributed by atoms with Crippen molar-refractivity contribution in [2.24, 2.45) is 0 Å². The Bertz CT molecular complexity index is 711. The predicted molar refractivity (Wildman–Crippen MR) is 78.0 cm³/mol. The van der Waals surface area contributed by atoms with Gasteiger partial charge in [-0.15, -0.1) is 11.3 Å². The topological polar surface area (TPSA) is 42.7 Å². The lowest BCUT2D eigenvalue weighted by Crippen LogP contribution is -2.04. The van der Waals surface area contributed by atoms with Crippen molar-refractivity contribution in [3.63, 3.8) is 0 Å². The smallest absolute Gasteiger partial charge is 0.183 e. The molecular formula is C13H10ClFN4S. The van der Waals surface area contributed by atoms with Crippen molar-refractivity contribution in [2.45, 2.75) is 6.54 Å². The summed E-state index contributed by atoms with van der Waals surface area (Å²) in [4.78, 5) is 4.95. The first-order valence-electron chi connectivity index (χ1n) is 5.86. The third kappa shape index (κ3) is 2.81. The lowest BCUT2D eigenvalue weighted by Gasteiger charge is -2.11. The summed E-state index contributed by atoms with van der Waals surface area (Å²) in [6.45, 7) is 0.530. The highest BCUT2D eigenvalue weighted by molar-refractivity contribution is 7.15. The number of nitrogens with one attached hydrogen (secondary N) is 1. The van der Waals surface area contributed by atoms with E-state index in [-0.39, 0.29) is 5.82 Å². The Kier molecular flexibility index (Phi) is 3.66. The van der Waals surface area contributed by atoms with Gasteiger partial charge in [-0.05, 0) is 24.3 Å². The molecule has 2 aromatic heterocycles. The van der Waals surface area contributed by atoms with Crippen LogP contribution in [0, 0.1) is 5.82 Å². The van der Waals surface area contributed by atoms with Gasteiger partial charge in [-0.1, -0.05) is 11.6 Å². The van der Waals surface area contributed by atoms with E-state index in [1.165, 1.54) is 23.5 Å². The van der Waals surface area contributed by atoms with E-state index < -0.39 is 0 Å². The fraction of sp³-hybridized carbons (Fsp3) is 0.0769. The van der Waals surface area contributed by atoms with Gasteiger partial charge in [0.15, 0.2) is 4.47 Å². The second kappa shape index (κ2) is 5.60. The molecule has 0 saturated carbocycles. The summed E-state index contributed by atoms with van der Waals surface area (Å²) in [6.07, 6.45) is 5.19. The van der Waals surface area contributed by atoms with Gasteiger partial charge >= 0.3 is 0 Å². The summed E-state index contributed by atoms with van der Waals surface area (Å²) in [5.41, 5.74) is 1.45. The van der Waals surface area contributed by atoms with Gasteiger partial charge in [0.2, 0.25) is 0 Å². The lowest BCUT2D eigenvalue weighted by atomic mass is 10.2. The molecule has 0 aliphatic rings. The molecule has 0 spiro atoms. The van der Waals surface area contributed by atoms with Crippen LogP contribution in [0.15, 0.2) is 42.9 Å². The molecule has 0 bridgehead atoms. The molecule has 0 aliphatic heterocycles.